The molecule has 19 heavy (non-hydrogen) atoms. The Balaban J connectivity index is 2.29. The third-order valence-electron chi connectivity index (χ3n) is 2.81. The van der Waals surface area contributed by atoms with Gasteiger partial charge in [-0.1, -0.05) is 45.2 Å². The maximum atomic E-state index is 6.15. The van der Waals surface area contributed by atoms with E-state index in [0.29, 0.717) is 5.02 Å². The van der Waals surface area contributed by atoms with Crippen molar-refractivity contribution in [3.63, 3.8) is 0 Å². The fourth-order valence-electron chi connectivity index (χ4n) is 1.80. The number of alkyl halides is 1. The first-order valence-electron chi connectivity index (χ1n) is 5.80. The zero-order valence-electron chi connectivity index (χ0n) is 10.6. The van der Waals surface area contributed by atoms with E-state index < -0.39 is 0 Å². The number of hydrogen-bond acceptors (Lipinski definition) is 1. The molecule has 100 valence electrons. The van der Waals surface area contributed by atoms with Crippen molar-refractivity contribution in [3.05, 3.63) is 57.1 Å². The molecule has 4 heteroatoms. The first-order chi connectivity index (χ1) is 9.01. The van der Waals surface area contributed by atoms with Crippen molar-refractivity contribution in [2.75, 3.05) is 0 Å². The fraction of sp³-hybridized carbons (Fsp3) is 0.200. The van der Waals surface area contributed by atoms with E-state index in [9.17, 15) is 0 Å². The lowest BCUT2D eigenvalue weighted by molar-refractivity contribution is 0.482. The quantitative estimate of drug-likeness (QED) is 0.584. The Hall–Kier alpha value is -0.700. The second-order valence-electron chi connectivity index (χ2n) is 4.36. The Morgan fingerprint density at radius 1 is 1.00 bits per heavy atom. The van der Waals surface area contributed by atoms with E-state index in [1.807, 2.05) is 44.2 Å². The highest BCUT2D eigenvalue weighted by Gasteiger charge is 2.06. The van der Waals surface area contributed by atoms with Gasteiger partial charge in [-0.25, -0.2) is 0 Å². The lowest BCUT2D eigenvalue weighted by Crippen LogP contribution is -1.89. The summed E-state index contributed by atoms with van der Waals surface area (Å²) in [6.07, 6.45) is 0. The molecule has 2 aromatic rings. The molecule has 2 rings (SSSR count). The lowest BCUT2D eigenvalue weighted by Gasteiger charge is -2.10. The van der Waals surface area contributed by atoms with Crippen LogP contribution in [-0.2, 0) is 5.33 Å². The number of rotatable bonds is 3. The first kappa shape index (κ1) is 14.7. The van der Waals surface area contributed by atoms with Crippen LogP contribution in [0.5, 0.6) is 11.5 Å². The van der Waals surface area contributed by atoms with Crippen LogP contribution in [0.3, 0.4) is 0 Å². The predicted octanol–water partition coefficient (Wildman–Crippen LogP) is 6.30. The lowest BCUT2D eigenvalue weighted by atomic mass is 10.1. The van der Waals surface area contributed by atoms with Gasteiger partial charge in [-0.2, -0.15) is 0 Å². The maximum absolute atomic E-state index is 6.15. The molecule has 0 bridgehead atoms. The van der Waals surface area contributed by atoms with E-state index in [1.165, 1.54) is 0 Å². The van der Waals surface area contributed by atoms with Crippen molar-refractivity contribution < 1.29 is 4.74 Å². The van der Waals surface area contributed by atoms with Crippen molar-refractivity contribution >= 4 is 39.1 Å². The average molecular weight is 360 g/mol. The monoisotopic (exact) mass is 358 g/mol. The molecule has 0 saturated heterocycles. The molecule has 0 aliphatic carbocycles. The SMILES string of the molecule is Cc1cc(Oc2ccc(CBr)c(Cl)c2)cc(C)c1Cl. The topological polar surface area (TPSA) is 9.23 Å². The summed E-state index contributed by atoms with van der Waals surface area (Å²) in [6.45, 7) is 3.92. The minimum atomic E-state index is 0.691. The highest BCUT2D eigenvalue weighted by molar-refractivity contribution is 9.08. The highest BCUT2D eigenvalue weighted by atomic mass is 79.9. The molecule has 0 atom stereocenters. The van der Waals surface area contributed by atoms with E-state index in [2.05, 4.69) is 15.9 Å². The molecule has 0 spiro atoms. The summed E-state index contributed by atoms with van der Waals surface area (Å²) in [5.74, 6) is 1.48. The Bertz CT molecular complexity index is 588. The molecule has 0 N–H and O–H groups in total. The minimum Gasteiger partial charge on any atom is -0.457 e. The van der Waals surface area contributed by atoms with Crippen molar-refractivity contribution in [3.8, 4) is 11.5 Å². The first-order valence-corrected chi connectivity index (χ1v) is 7.68. The Kier molecular flexibility index (Phi) is 4.77. The minimum absolute atomic E-state index is 0.691. The third kappa shape index (κ3) is 3.44. The summed E-state index contributed by atoms with van der Waals surface area (Å²) < 4.78 is 5.82. The number of halogens is 3. The Morgan fingerprint density at radius 3 is 2.16 bits per heavy atom. The summed E-state index contributed by atoms with van der Waals surface area (Å²) in [6, 6.07) is 9.50. The fourth-order valence-corrected chi connectivity index (χ4v) is 2.80. The summed E-state index contributed by atoms with van der Waals surface area (Å²) in [5.41, 5.74) is 3.04. The number of benzene rings is 2. The Morgan fingerprint density at radius 2 is 1.63 bits per heavy atom. The van der Waals surface area contributed by atoms with Crippen LogP contribution in [-0.4, -0.2) is 0 Å². The molecule has 0 aliphatic heterocycles. The van der Waals surface area contributed by atoms with Gasteiger partial charge in [-0.3, -0.25) is 0 Å². The molecule has 0 amide bonds. The normalized spacial score (nSPS) is 10.6. The molecule has 0 aromatic heterocycles. The Labute approximate surface area is 131 Å². The second kappa shape index (κ2) is 6.17. The molecule has 1 nitrogen and oxygen atoms in total. The van der Waals surface area contributed by atoms with Gasteiger partial charge in [-0.15, -0.1) is 0 Å². The molecule has 0 fully saturated rings. The van der Waals surface area contributed by atoms with Crippen molar-refractivity contribution in [2.45, 2.75) is 19.2 Å². The molecule has 0 heterocycles. The molecular weight excluding hydrogens is 347 g/mol. The van der Waals surface area contributed by atoms with Gasteiger partial charge < -0.3 is 4.74 Å². The van der Waals surface area contributed by atoms with Gasteiger partial charge in [0.1, 0.15) is 11.5 Å². The number of hydrogen-bond donors (Lipinski definition) is 0. The van der Waals surface area contributed by atoms with Crippen LogP contribution in [0, 0.1) is 13.8 Å². The van der Waals surface area contributed by atoms with Gasteiger partial charge in [0.2, 0.25) is 0 Å². The van der Waals surface area contributed by atoms with Crippen LogP contribution in [0.1, 0.15) is 16.7 Å². The molecule has 0 saturated carbocycles. The van der Waals surface area contributed by atoms with Crippen molar-refractivity contribution in [1.82, 2.24) is 0 Å². The van der Waals surface area contributed by atoms with Crippen LogP contribution >= 0.6 is 39.1 Å². The van der Waals surface area contributed by atoms with Gasteiger partial charge in [0.05, 0.1) is 0 Å². The van der Waals surface area contributed by atoms with Crippen molar-refractivity contribution in [2.24, 2.45) is 0 Å². The van der Waals surface area contributed by atoms with Gasteiger partial charge in [0.15, 0.2) is 0 Å². The third-order valence-corrected chi connectivity index (χ3v) is 4.37. The van der Waals surface area contributed by atoms with Gasteiger partial charge in [0, 0.05) is 15.4 Å². The predicted molar refractivity (Wildman–Crippen MR) is 85.1 cm³/mol. The molecule has 0 radical (unpaired) electrons. The molecular formula is C15H13BrCl2O. The summed E-state index contributed by atoms with van der Waals surface area (Å²) in [5, 5.41) is 2.20. The maximum Gasteiger partial charge on any atom is 0.128 e. The smallest absolute Gasteiger partial charge is 0.128 e. The standard InChI is InChI=1S/C15H13BrCl2O/c1-9-5-13(6-10(2)15(9)18)19-12-4-3-11(8-16)14(17)7-12/h3-7H,8H2,1-2H3. The van der Waals surface area contributed by atoms with Crippen LogP contribution in [0.15, 0.2) is 30.3 Å². The summed E-state index contributed by atoms with van der Waals surface area (Å²) in [4.78, 5) is 0. The van der Waals surface area contributed by atoms with E-state index in [-0.39, 0.29) is 0 Å². The zero-order valence-corrected chi connectivity index (χ0v) is 13.7. The van der Waals surface area contributed by atoms with E-state index in [0.717, 1.165) is 38.5 Å². The number of aryl methyl sites for hydroxylation is 2. The second-order valence-corrected chi connectivity index (χ2v) is 5.71. The summed E-state index contributed by atoms with van der Waals surface area (Å²) >= 11 is 15.7. The van der Waals surface area contributed by atoms with Crippen molar-refractivity contribution in [1.29, 1.82) is 0 Å². The van der Waals surface area contributed by atoms with E-state index >= 15 is 0 Å². The number of ether oxygens (including phenoxy) is 1. The van der Waals surface area contributed by atoms with Crippen LogP contribution in [0.2, 0.25) is 10.0 Å². The van der Waals surface area contributed by atoms with Gasteiger partial charge >= 0.3 is 0 Å². The van der Waals surface area contributed by atoms with Gasteiger partial charge in [0.25, 0.3) is 0 Å². The van der Waals surface area contributed by atoms with Crippen LogP contribution in [0.4, 0.5) is 0 Å². The van der Waals surface area contributed by atoms with Crippen LogP contribution in [0.25, 0.3) is 0 Å². The zero-order chi connectivity index (χ0) is 14.0. The van der Waals surface area contributed by atoms with Crippen LogP contribution < -0.4 is 4.74 Å². The molecule has 2 aromatic carbocycles. The van der Waals surface area contributed by atoms with Gasteiger partial charge in [-0.05, 0) is 54.8 Å². The van der Waals surface area contributed by atoms with E-state index in [1.54, 1.807) is 0 Å². The highest BCUT2D eigenvalue weighted by Crippen LogP contribution is 2.31. The molecule has 0 unspecified atom stereocenters. The molecule has 0 aliphatic rings. The average Bonchev–Trinajstić information content (AvgIpc) is 2.36. The summed E-state index contributed by atoms with van der Waals surface area (Å²) in [7, 11) is 0. The largest absolute Gasteiger partial charge is 0.457 e. The van der Waals surface area contributed by atoms with E-state index in [4.69, 9.17) is 27.9 Å².